The molecule has 0 N–H and O–H groups in total. The molecule has 1 saturated carbocycles. The number of rotatable bonds is 3. The van der Waals surface area contributed by atoms with E-state index in [2.05, 4.69) is 36.2 Å². The third-order valence-electron chi connectivity index (χ3n) is 3.92. The minimum absolute atomic E-state index is 0.326. The van der Waals surface area contributed by atoms with Crippen molar-refractivity contribution in [3.8, 4) is 0 Å². The van der Waals surface area contributed by atoms with E-state index < -0.39 is 5.41 Å². The first-order valence-corrected chi connectivity index (χ1v) is 6.79. The SMILES string of the molecule is CCc1cccc([C@@]2(/C=N/C)CCCCC2=O)c1. The molecule has 1 aliphatic carbocycles. The molecule has 0 bridgehead atoms. The van der Waals surface area contributed by atoms with Crippen molar-refractivity contribution in [2.75, 3.05) is 7.05 Å². The van der Waals surface area contributed by atoms with Crippen LogP contribution in [0.2, 0.25) is 0 Å². The van der Waals surface area contributed by atoms with Crippen LogP contribution in [0.5, 0.6) is 0 Å². The highest BCUT2D eigenvalue weighted by molar-refractivity contribution is 6.06. The van der Waals surface area contributed by atoms with E-state index in [1.165, 1.54) is 5.56 Å². The molecule has 1 aromatic rings. The number of Topliss-reactive ketones (excluding diaryl/α,β-unsaturated/α-hetero) is 1. The third-order valence-corrected chi connectivity index (χ3v) is 3.92. The Kier molecular flexibility index (Phi) is 3.95. The molecule has 0 aromatic heterocycles. The summed E-state index contributed by atoms with van der Waals surface area (Å²) in [4.78, 5) is 16.6. The van der Waals surface area contributed by atoms with Gasteiger partial charge in [0, 0.05) is 19.7 Å². The van der Waals surface area contributed by atoms with E-state index in [0.29, 0.717) is 12.2 Å². The molecule has 1 aliphatic rings. The van der Waals surface area contributed by atoms with Gasteiger partial charge >= 0.3 is 0 Å². The summed E-state index contributed by atoms with van der Waals surface area (Å²) in [5.41, 5.74) is 1.95. The minimum atomic E-state index is -0.460. The van der Waals surface area contributed by atoms with Gasteiger partial charge in [0.1, 0.15) is 5.78 Å². The number of benzene rings is 1. The van der Waals surface area contributed by atoms with Gasteiger partial charge in [0.25, 0.3) is 0 Å². The first-order valence-electron chi connectivity index (χ1n) is 6.79. The van der Waals surface area contributed by atoms with Gasteiger partial charge in [-0.05, 0) is 30.4 Å². The molecular formula is C16H21NO. The fraction of sp³-hybridized carbons (Fsp3) is 0.500. The summed E-state index contributed by atoms with van der Waals surface area (Å²) in [6.07, 6.45) is 6.57. The third kappa shape index (κ3) is 2.24. The van der Waals surface area contributed by atoms with E-state index in [1.807, 2.05) is 6.21 Å². The second-order valence-electron chi connectivity index (χ2n) is 5.04. The molecule has 1 aromatic carbocycles. The summed E-state index contributed by atoms with van der Waals surface area (Å²) in [6.45, 7) is 2.14. The molecule has 0 spiro atoms. The topological polar surface area (TPSA) is 29.4 Å². The Morgan fingerprint density at radius 1 is 1.39 bits per heavy atom. The second kappa shape index (κ2) is 5.47. The van der Waals surface area contributed by atoms with Crippen molar-refractivity contribution in [1.82, 2.24) is 0 Å². The van der Waals surface area contributed by atoms with Crippen molar-refractivity contribution < 1.29 is 4.79 Å². The molecule has 2 nitrogen and oxygen atoms in total. The molecule has 0 unspecified atom stereocenters. The summed E-state index contributed by atoms with van der Waals surface area (Å²) in [5, 5.41) is 0. The summed E-state index contributed by atoms with van der Waals surface area (Å²) in [7, 11) is 1.76. The number of hydrogen-bond acceptors (Lipinski definition) is 2. The zero-order valence-corrected chi connectivity index (χ0v) is 11.3. The highest BCUT2D eigenvalue weighted by Crippen LogP contribution is 2.35. The van der Waals surface area contributed by atoms with E-state index in [-0.39, 0.29) is 0 Å². The summed E-state index contributed by atoms with van der Waals surface area (Å²) in [5.74, 6) is 0.326. The van der Waals surface area contributed by atoms with E-state index >= 15 is 0 Å². The lowest BCUT2D eigenvalue weighted by Gasteiger charge is -2.33. The van der Waals surface area contributed by atoms with E-state index in [1.54, 1.807) is 7.05 Å². The highest BCUT2D eigenvalue weighted by Gasteiger charge is 2.39. The average Bonchev–Trinajstić information content (AvgIpc) is 2.42. The Bertz CT molecular complexity index is 464. The number of carbonyl (C=O) groups excluding carboxylic acids is 1. The number of hydrogen-bond donors (Lipinski definition) is 0. The van der Waals surface area contributed by atoms with Crippen LogP contribution < -0.4 is 0 Å². The van der Waals surface area contributed by atoms with Crippen LogP contribution in [0.25, 0.3) is 0 Å². The summed E-state index contributed by atoms with van der Waals surface area (Å²) >= 11 is 0. The lowest BCUT2D eigenvalue weighted by molar-refractivity contribution is -0.123. The predicted molar refractivity (Wildman–Crippen MR) is 75.4 cm³/mol. The molecule has 0 amide bonds. The zero-order chi connectivity index (χ0) is 13.0. The van der Waals surface area contributed by atoms with Crippen LogP contribution in [0.15, 0.2) is 29.3 Å². The maximum absolute atomic E-state index is 12.4. The van der Waals surface area contributed by atoms with Crippen molar-refractivity contribution in [1.29, 1.82) is 0 Å². The number of aryl methyl sites for hydroxylation is 1. The van der Waals surface area contributed by atoms with Gasteiger partial charge in [-0.25, -0.2) is 0 Å². The van der Waals surface area contributed by atoms with Gasteiger partial charge in [-0.2, -0.15) is 0 Å². The number of nitrogens with zero attached hydrogens (tertiary/aromatic N) is 1. The standard InChI is InChI=1S/C16H21NO/c1-3-13-7-6-8-14(11-13)16(12-17-2)10-5-4-9-15(16)18/h6-8,11-12H,3-5,9-10H2,1-2H3/b17-12+/t16-/m0/s1. The first-order chi connectivity index (χ1) is 8.73. The molecule has 18 heavy (non-hydrogen) atoms. The Morgan fingerprint density at radius 3 is 2.89 bits per heavy atom. The second-order valence-corrected chi connectivity index (χ2v) is 5.04. The van der Waals surface area contributed by atoms with Crippen molar-refractivity contribution in [2.45, 2.75) is 44.4 Å². The van der Waals surface area contributed by atoms with Crippen molar-refractivity contribution in [3.63, 3.8) is 0 Å². The monoisotopic (exact) mass is 243 g/mol. The zero-order valence-electron chi connectivity index (χ0n) is 11.3. The molecule has 2 rings (SSSR count). The summed E-state index contributed by atoms with van der Waals surface area (Å²) < 4.78 is 0. The van der Waals surface area contributed by atoms with Gasteiger partial charge in [-0.1, -0.05) is 37.6 Å². The fourth-order valence-corrected chi connectivity index (χ4v) is 2.86. The molecule has 0 radical (unpaired) electrons. The van der Waals surface area contributed by atoms with E-state index in [0.717, 1.165) is 31.2 Å². The van der Waals surface area contributed by atoms with Crippen LogP contribution in [-0.4, -0.2) is 19.0 Å². The van der Waals surface area contributed by atoms with E-state index in [9.17, 15) is 4.79 Å². The lowest BCUT2D eigenvalue weighted by Crippen LogP contribution is -2.40. The maximum Gasteiger partial charge on any atom is 0.148 e. The molecule has 0 heterocycles. The largest absolute Gasteiger partial charge is 0.299 e. The Balaban J connectivity index is 2.48. The minimum Gasteiger partial charge on any atom is -0.299 e. The predicted octanol–water partition coefficient (Wildman–Crippen LogP) is 3.33. The first kappa shape index (κ1) is 13.0. The molecule has 1 atom stereocenters. The van der Waals surface area contributed by atoms with Gasteiger partial charge in [0.15, 0.2) is 0 Å². The molecular weight excluding hydrogens is 222 g/mol. The number of aliphatic imine (C=N–C) groups is 1. The van der Waals surface area contributed by atoms with Gasteiger partial charge in [-0.15, -0.1) is 0 Å². The maximum atomic E-state index is 12.4. The molecule has 0 saturated heterocycles. The number of ketones is 1. The normalized spacial score (nSPS) is 24.7. The quantitative estimate of drug-likeness (QED) is 0.749. The molecule has 2 heteroatoms. The van der Waals surface area contributed by atoms with Crippen LogP contribution in [0.3, 0.4) is 0 Å². The van der Waals surface area contributed by atoms with E-state index in [4.69, 9.17) is 0 Å². The molecule has 96 valence electrons. The highest BCUT2D eigenvalue weighted by atomic mass is 16.1. The smallest absolute Gasteiger partial charge is 0.148 e. The van der Waals surface area contributed by atoms with Crippen LogP contribution in [-0.2, 0) is 16.6 Å². The van der Waals surface area contributed by atoms with Gasteiger partial charge < -0.3 is 0 Å². The van der Waals surface area contributed by atoms with Crippen LogP contribution in [0.1, 0.15) is 43.7 Å². The Labute approximate surface area is 109 Å². The Hall–Kier alpha value is -1.44. The van der Waals surface area contributed by atoms with Crippen LogP contribution in [0, 0.1) is 0 Å². The number of carbonyl (C=O) groups is 1. The fourth-order valence-electron chi connectivity index (χ4n) is 2.86. The molecule has 1 fully saturated rings. The van der Waals surface area contributed by atoms with Gasteiger partial charge in [-0.3, -0.25) is 9.79 Å². The summed E-state index contributed by atoms with van der Waals surface area (Å²) in [6, 6.07) is 8.42. The van der Waals surface area contributed by atoms with Crippen molar-refractivity contribution >= 4 is 12.0 Å². The van der Waals surface area contributed by atoms with Crippen molar-refractivity contribution in [3.05, 3.63) is 35.4 Å². The Morgan fingerprint density at radius 2 is 2.22 bits per heavy atom. The van der Waals surface area contributed by atoms with Gasteiger partial charge in [0.05, 0.1) is 5.41 Å². The average molecular weight is 243 g/mol. The van der Waals surface area contributed by atoms with Gasteiger partial charge in [0.2, 0.25) is 0 Å². The van der Waals surface area contributed by atoms with Crippen LogP contribution >= 0.6 is 0 Å². The van der Waals surface area contributed by atoms with Crippen LogP contribution in [0.4, 0.5) is 0 Å². The molecule has 0 aliphatic heterocycles. The lowest BCUT2D eigenvalue weighted by atomic mass is 9.69. The van der Waals surface area contributed by atoms with Crippen molar-refractivity contribution in [2.24, 2.45) is 4.99 Å².